The van der Waals surface area contributed by atoms with Gasteiger partial charge in [0.1, 0.15) is 6.61 Å². The zero-order valence-electron chi connectivity index (χ0n) is 31.1. The molecule has 4 aliphatic heterocycles. The van der Waals surface area contributed by atoms with E-state index in [0.717, 1.165) is 22.5 Å². The molecule has 4 aliphatic rings. The van der Waals surface area contributed by atoms with Crippen molar-refractivity contribution in [3.63, 3.8) is 0 Å². The summed E-state index contributed by atoms with van der Waals surface area (Å²) in [6.07, 6.45) is 2.84. The molecule has 1 N–H and O–H groups in total. The first kappa shape index (κ1) is 39.4. The Hall–Kier alpha value is -4.34. The number of ketones is 1. The number of anilines is 1. The Morgan fingerprint density at radius 1 is 0.870 bits per heavy atom. The third-order valence-corrected chi connectivity index (χ3v) is 12.2. The van der Waals surface area contributed by atoms with Crippen LogP contribution in [-0.4, -0.2) is 116 Å². The average molecular weight is 782 g/mol. The predicted molar refractivity (Wildman–Crippen MR) is 207 cm³/mol. The number of amides is 3. The van der Waals surface area contributed by atoms with Crippen molar-refractivity contribution in [1.29, 1.82) is 0 Å². The van der Waals surface area contributed by atoms with Gasteiger partial charge in [-0.3, -0.25) is 14.4 Å². The second-order valence-corrected chi connectivity index (χ2v) is 16.8. The normalized spacial score (nSPS) is 21.2. The monoisotopic (exact) mass is 781 g/mol. The van der Waals surface area contributed by atoms with Gasteiger partial charge >= 0.3 is 6.09 Å². The van der Waals surface area contributed by atoms with Gasteiger partial charge < -0.3 is 38.6 Å². The summed E-state index contributed by atoms with van der Waals surface area (Å²) in [6, 6.07) is 5.32. The first-order valence-electron chi connectivity index (χ1n) is 18.0. The van der Waals surface area contributed by atoms with Gasteiger partial charge in [-0.25, -0.2) is 9.69 Å². The predicted octanol–water partition coefficient (Wildman–Crippen LogP) is 5.67. The fourth-order valence-electron chi connectivity index (χ4n) is 7.36. The number of rotatable bonds is 14. The van der Waals surface area contributed by atoms with E-state index in [0.29, 0.717) is 79.6 Å². The second kappa shape index (κ2) is 17.0. The molecule has 13 nitrogen and oxygen atoms in total. The van der Waals surface area contributed by atoms with Crippen LogP contribution in [0, 0.1) is 0 Å². The lowest BCUT2D eigenvalue weighted by Crippen LogP contribution is -2.51. The first-order valence-corrected chi connectivity index (χ1v) is 20.6. The fraction of sp³-hybridized carbons (Fsp3) is 0.487. The molecule has 0 aromatic heterocycles. The molecule has 2 saturated heterocycles. The Balaban J connectivity index is 1.10. The first-order chi connectivity index (χ1) is 25.9. The summed E-state index contributed by atoms with van der Waals surface area (Å²) in [6.45, 7) is 11.4. The molecule has 0 radical (unpaired) electrons. The fourth-order valence-corrected chi connectivity index (χ4v) is 8.97. The number of ether oxygens (including phenoxy) is 5. The minimum Gasteiger partial charge on any atom is -0.493 e. The highest BCUT2D eigenvalue weighted by Gasteiger charge is 2.46. The zero-order valence-corrected chi connectivity index (χ0v) is 32.7. The van der Waals surface area contributed by atoms with Crippen LogP contribution in [0.2, 0.25) is 0 Å². The number of carbonyl (C=O) groups excluding carboxylic acids is 4. The number of nitrogens with zero attached hydrogens (tertiary/aromatic N) is 3. The third kappa shape index (κ3) is 8.03. The number of aliphatic hydroxyl groups is 1. The van der Waals surface area contributed by atoms with Crippen molar-refractivity contribution in [2.75, 3.05) is 58.3 Å². The van der Waals surface area contributed by atoms with Gasteiger partial charge in [0.05, 0.1) is 50.8 Å². The van der Waals surface area contributed by atoms with Crippen LogP contribution in [-0.2, 0) is 16.0 Å². The highest BCUT2D eigenvalue weighted by atomic mass is 33.1. The van der Waals surface area contributed by atoms with Crippen molar-refractivity contribution in [1.82, 2.24) is 9.80 Å². The maximum absolute atomic E-state index is 13.8. The molecule has 15 heteroatoms. The number of unbranched alkanes of at least 4 members (excludes halogenated alkanes) is 2. The van der Waals surface area contributed by atoms with Crippen LogP contribution in [0.1, 0.15) is 65.3 Å². The van der Waals surface area contributed by atoms with Gasteiger partial charge in [-0.15, -0.1) is 0 Å². The van der Waals surface area contributed by atoms with Crippen molar-refractivity contribution < 1.29 is 48.0 Å². The largest absolute Gasteiger partial charge is 0.493 e. The Morgan fingerprint density at radius 2 is 1.48 bits per heavy atom. The molecule has 0 bridgehead atoms. The summed E-state index contributed by atoms with van der Waals surface area (Å²) in [7, 11) is 6.12. The number of aliphatic hydroxyl groups excluding tert-OH is 1. The van der Waals surface area contributed by atoms with Crippen molar-refractivity contribution in [3.05, 3.63) is 65.3 Å². The van der Waals surface area contributed by atoms with E-state index < -0.39 is 24.4 Å². The quantitative estimate of drug-likeness (QED) is 0.143. The topological polar surface area (TPSA) is 144 Å². The molecule has 0 unspecified atom stereocenters. The van der Waals surface area contributed by atoms with Crippen LogP contribution in [0.5, 0.6) is 23.0 Å². The Morgan fingerprint density at radius 3 is 2.15 bits per heavy atom. The van der Waals surface area contributed by atoms with E-state index in [1.165, 1.54) is 19.1 Å². The SMILES string of the molecule is C=C1C[C@H]2C(=O)Cc3cc(OCCCCCOc4cc5c(cc4OC)C(=O)N4CC(=C)C[C@H]4[C@H](O)N5C(=O)OC[C@@H](C)SSC)c(OC)cc3C(=O)N2C1. The Bertz CT molecular complexity index is 1840. The Labute approximate surface area is 323 Å². The van der Waals surface area contributed by atoms with Gasteiger partial charge in [-0.05, 0) is 69.0 Å². The van der Waals surface area contributed by atoms with Crippen molar-refractivity contribution in [2.45, 2.75) is 69.0 Å². The minimum atomic E-state index is -1.37. The van der Waals surface area contributed by atoms with Crippen LogP contribution in [0.4, 0.5) is 10.5 Å². The number of carbonyl (C=O) groups is 4. The molecular weight excluding hydrogens is 735 g/mol. The molecule has 0 aliphatic carbocycles. The summed E-state index contributed by atoms with van der Waals surface area (Å²) in [4.78, 5) is 58.0. The second-order valence-electron chi connectivity index (χ2n) is 13.9. The van der Waals surface area contributed by atoms with Crippen LogP contribution in [0.25, 0.3) is 0 Å². The molecule has 4 atom stereocenters. The van der Waals surface area contributed by atoms with Gasteiger partial charge in [0, 0.05) is 36.4 Å². The maximum atomic E-state index is 13.8. The summed E-state index contributed by atoms with van der Waals surface area (Å²) >= 11 is 0. The van der Waals surface area contributed by atoms with Gasteiger partial charge in [0.25, 0.3) is 11.8 Å². The molecule has 6 rings (SSSR count). The number of Topliss-reactive ketones (excluding diaryl/α,β-unsaturated/α-hetero) is 1. The van der Waals surface area contributed by atoms with Crippen molar-refractivity contribution in [3.8, 4) is 23.0 Å². The van der Waals surface area contributed by atoms with E-state index in [4.69, 9.17) is 23.7 Å². The number of hydrogen-bond donors (Lipinski definition) is 1. The summed E-state index contributed by atoms with van der Waals surface area (Å²) < 4.78 is 29.0. The Kier molecular flexibility index (Phi) is 12.4. The molecule has 290 valence electrons. The highest BCUT2D eigenvalue weighted by molar-refractivity contribution is 8.76. The lowest BCUT2D eigenvalue weighted by atomic mass is 9.99. The molecule has 54 heavy (non-hydrogen) atoms. The number of methoxy groups -OCH3 is 2. The number of benzene rings is 2. The molecule has 2 aromatic carbocycles. The van der Waals surface area contributed by atoms with Crippen LogP contribution in [0.15, 0.2) is 48.6 Å². The smallest absolute Gasteiger partial charge is 0.416 e. The van der Waals surface area contributed by atoms with E-state index in [-0.39, 0.29) is 53.7 Å². The lowest BCUT2D eigenvalue weighted by Gasteiger charge is -2.31. The molecule has 0 spiro atoms. The zero-order chi connectivity index (χ0) is 38.7. The third-order valence-electron chi connectivity index (χ3n) is 10.0. The van der Waals surface area contributed by atoms with Crippen LogP contribution in [0.3, 0.4) is 0 Å². The molecule has 2 aromatic rings. The van der Waals surface area contributed by atoms with Gasteiger partial charge in [0.2, 0.25) is 0 Å². The van der Waals surface area contributed by atoms with E-state index in [2.05, 4.69) is 13.2 Å². The highest BCUT2D eigenvalue weighted by Crippen LogP contribution is 2.42. The van der Waals surface area contributed by atoms with Crippen molar-refractivity contribution >= 4 is 51.0 Å². The molecule has 4 heterocycles. The summed E-state index contributed by atoms with van der Waals surface area (Å²) in [5, 5.41) is 11.6. The van der Waals surface area contributed by atoms with E-state index in [9.17, 15) is 24.3 Å². The molecule has 3 amide bonds. The lowest BCUT2D eigenvalue weighted by molar-refractivity contribution is -0.121. The number of fused-ring (bicyclic) bond motifs is 4. The number of hydrogen-bond acceptors (Lipinski definition) is 12. The summed E-state index contributed by atoms with van der Waals surface area (Å²) in [5.74, 6) is 0.948. The standard InChI is InChI=1S/C39H47N3O10S2/c1-22-12-29-31(43)14-25-15-34(32(48-4)16-26(25)36(44)40(29)19-22)50-10-8-7-9-11-51-35-18-28-27(17-33(35)49-5)37(45)41-20-23(2)13-30(41)38(46)42(28)39(47)52-21-24(3)54-53-6/h15-18,24,29-30,38,46H,1-2,7-14,19-21H2,3-6H3/t24-,29+,30+,38+/m1/s1. The van der Waals surface area contributed by atoms with Crippen LogP contribution < -0.4 is 23.8 Å². The van der Waals surface area contributed by atoms with Crippen LogP contribution >= 0.6 is 21.6 Å². The van der Waals surface area contributed by atoms with Gasteiger partial charge in [-0.1, -0.05) is 45.9 Å². The summed E-state index contributed by atoms with van der Waals surface area (Å²) in [5.41, 5.74) is 3.09. The average Bonchev–Trinajstić information content (AvgIpc) is 3.71. The van der Waals surface area contributed by atoms with E-state index in [1.807, 2.05) is 13.2 Å². The van der Waals surface area contributed by atoms with E-state index >= 15 is 0 Å². The maximum Gasteiger partial charge on any atom is 0.416 e. The van der Waals surface area contributed by atoms with E-state index in [1.54, 1.807) is 50.8 Å². The van der Waals surface area contributed by atoms with Crippen molar-refractivity contribution in [2.24, 2.45) is 0 Å². The van der Waals surface area contributed by atoms with Gasteiger partial charge in [0.15, 0.2) is 35.0 Å². The molecular formula is C39H47N3O10S2. The molecule has 2 fully saturated rings. The minimum absolute atomic E-state index is 0.0117. The molecule has 0 saturated carbocycles. The van der Waals surface area contributed by atoms with Gasteiger partial charge in [-0.2, -0.15) is 0 Å².